The lowest BCUT2D eigenvalue weighted by molar-refractivity contribution is 0.123. The predicted octanol–water partition coefficient (Wildman–Crippen LogP) is 4.10. The minimum Gasteiger partial charge on any atom is -0.384 e. The smallest absolute Gasteiger partial charge is 0.0488 e. The summed E-state index contributed by atoms with van der Waals surface area (Å²) in [6.07, 6.45) is 6.73. The van der Waals surface area contributed by atoms with Crippen molar-refractivity contribution in [3.63, 3.8) is 0 Å². The van der Waals surface area contributed by atoms with Crippen LogP contribution in [-0.4, -0.2) is 26.3 Å². The Hall–Kier alpha value is -0.0800. The van der Waals surface area contributed by atoms with E-state index in [1.807, 2.05) is 7.11 Å². The average molecular weight is 269 g/mol. The van der Waals surface area contributed by atoms with E-state index >= 15 is 0 Å². The number of hydrogen-bond donors (Lipinski definition) is 1. The maximum Gasteiger partial charge on any atom is 0.0488 e. The Balaban J connectivity index is 2.55. The molecule has 2 heteroatoms. The molecule has 0 aromatic heterocycles. The van der Waals surface area contributed by atoms with E-state index < -0.39 is 0 Å². The quantitative estimate of drug-likeness (QED) is 0.716. The molecule has 19 heavy (non-hydrogen) atoms. The van der Waals surface area contributed by atoms with Crippen molar-refractivity contribution in [2.24, 2.45) is 23.7 Å². The first-order valence-corrected chi connectivity index (χ1v) is 8.29. The van der Waals surface area contributed by atoms with Gasteiger partial charge in [0.2, 0.25) is 0 Å². The minimum atomic E-state index is 0.659. The molecule has 0 aromatic rings. The summed E-state index contributed by atoms with van der Waals surface area (Å²) in [6.45, 7) is 11.5. The van der Waals surface area contributed by atoms with Gasteiger partial charge in [0.05, 0.1) is 0 Å². The van der Waals surface area contributed by atoms with E-state index in [1.165, 1.54) is 32.1 Å². The minimum absolute atomic E-state index is 0.659. The van der Waals surface area contributed by atoms with E-state index in [9.17, 15) is 0 Å². The van der Waals surface area contributed by atoms with E-state index in [1.54, 1.807) is 0 Å². The molecule has 1 N–H and O–H groups in total. The van der Waals surface area contributed by atoms with Crippen LogP contribution in [0.5, 0.6) is 0 Å². The van der Waals surface area contributed by atoms with Gasteiger partial charge in [-0.05, 0) is 62.3 Å². The summed E-state index contributed by atoms with van der Waals surface area (Å²) < 4.78 is 5.31. The third-order valence-corrected chi connectivity index (χ3v) is 4.55. The van der Waals surface area contributed by atoms with Crippen LogP contribution in [0.4, 0.5) is 0 Å². The molecule has 0 bridgehead atoms. The fourth-order valence-electron chi connectivity index (χ4n) is 3.90. The van der Waals surface area contributed by atoms with Crippen LogP contribution in [0.25, 0.3) is 0 Å². The number of ether oxygens (including phenoxy) is 1. The van der Waals surface area contributed by atoms with Crippen molar-refractivity contribution in [2.75, 3.05) is 20.3 Å². The van der Waals surface area contributed by atoms with Crippen molar-refractivity contribution in [3.05, 3.63) is 0 Å². The SMILES string of the molecule is CCCNC(CC(C)COC)C1CC(C)CC(C)C1. The number of hydrogen-bond acceptors (Lipinski definition) is 2. The van der Waals surface area contributed by atoms with E-state index in [4.69, 9.17) is 4.74 Å². The second kappa shape index (κ2) is 8.97. The molecule has 0 radical (unpaired) electrons. The Morgan fingerprint density at radius 1 is 1.16 bits per heavy atom. The lowest BCUT2D eigenvalue weighted by Gasteiger charge is -2.38. The molecule has 4 unspecified atom stereocenters. The van der Waals surface area contributed by atoms with E-state index in [0.29, 0.717) is 12.0 Å². The Bertz CT molecular complexity index is 221. The molecule has 2 nitrogen and oxygen atoms in total. The van der Waals surface area contributed by atoms with Gasteiger partial charge in [0.1, 0.15) is 0 Å². The van der Waals surface area contributed by atoms with Gasteiger partial charge in [-0.2, -0.15) is 0 Å². The molecule has 1 rings (SSSR count). The van der Waals surface area contributed by atoms with Gasteiger partial charge < -0.3 is 10.1 Å². The lowest BCUT2D eigenvalue weighted by Crippen LogP contribution is -2.41. The molecule has 0 spiro atoms. The first-order valence-electron chi connectivity index (χ1n) is 8.29. The summed E-state index contributed by atoms with van der Waals surface area (Å²) in [5, 5.41) is 3.81. The van der Waals surface area contributed by atoms with Crippen LogP contribution >= 0.6 is 0 Å². The Kier molecular flexibility index (Phi) is 8.01. The van der Waals surface area contributed by atoms with Crippen molar-refractivity contribution < 1.29 is 4.74 Å². The van der Waals surface area contributed by atoms with Crippen LogP contribution < -0.4 is 5.32 Å². The summed E-state index contributed by atoms with van der Waals surface area (Å²) in [5.41, 5.74) is 0. The third kappa shape index (κ3) is 6.27. The fourth-order valence-corrected chi connectivity index (χ4v) is 3.90. The molecule has 1 fully saturated rings. The Labute approximate surface area is 120 Å². The molecule has 0 aromatic carbocycles. The monoisotopic (exact) mass is 269 g/mol. The molecule has 0 amide bonds. The van der Waals surface area contributed by atoms with E-state index in [-0.39, 0.29) is 0 Å². The molecule has 4 atom stereocenters. The maximum absolute atomic E-state index is 5.31. The Morgan fingerprint density at radius 3 is 2.32 bits per heavy atom. The van der Waals surface area contributed by atoms with Gasteiger partial charge in [-0.1, -0.05) is 27.7 Å². The second-order valence-corrected chi connectivity index (χ2v) is 7.03. The van der Waals surface area contributed by atoms with Gasteiger partial charge in [0.25, 0.3) is 0 Å². The highest BCUT2D eigenvalue weighted by atomic mass is 16.5. The summed E-state index contributed by atoms with van der Waals surface area (Å²) in [6, 6.07) is 0.690. The number of methoxy groups -OCH3 is 1. The highest BCUT2D eigenvalue weighted by Gasteiger charge is 2.30. The summed E-state index contributed by atoms with van der Waals surface area (Å²) in [7, 11) is 1.82. The van der Waals surface area contributed by atoms with Crippen LogP contribution in [0, 0.1) is 23.7 Å². The van der Waals surface area contributed by atoms with Crippen molar-refractivity contribution in [3.8, 4) is 0 Å². The molecule has 114 valence electrons. The summed E-state index contributed by atoms with van der Waals surface area (Å²) in [5.74, 6) is 3.33. The Morgan fingerprint density at radius 2 is 1.79 bits per heavy atom. The van der Waals surface area contributed by atoms with Gasteiger partial charge in [0.15, 0.2) is 0 Å². The van der Waals surface area contributed by atoms with Crippen molar-refractivity contribution in [1.29, 1.82) is 0 Å². The van der Waals surface area contributed by atoms with Gasteiger partial charge in [-0.25, -0.2) is 0 Å². The first-order chi connectivity index (χ1) is 9.06. The van der Waals surface area contributed by atoms with Crippen molar-refractivity contribution in [2.45, 2.75) is 65.8 Å². The normalized spacial score (nSPS) is 31.1. The zero-order valence-corrected chi connectivity index (χ0v) is 13.7. The predicted molar refractivity (Wildman–Crippen MR) is 83.4 cm³/mol. The average Bonchev–Trinajstić information content (AvgIpc) is 2.33. The van der Waals surface area contributed by atoms with Gasteiger partial charge in [-0.15, -0.1) is 0 Å². The fraction of sp³-hybridized carbons (Fsp3) is 1.00. The van der Waals surface area contributed by atoms with Gasteiger partial charge in [-0.3, -0.25) is 0 Å². The molecule has 1 aliphatic rings. The molecular weight excluding hydrogens is 234 g/mol. The highest BCUT2D eigenvalue weighted by molar-refractivity contribution is 4.84. The third-order valence-electron chi connectivity index (χ3n) is 4.55. The topological polar surface area (TPSA) is 21.3 Å². The summed E-state index contributed by atoms with van der Waals surface area (Å²) >= 11 is 0. The molecular formula is C17H35NO. The van der Waals surface area contributed by atoms with Crippen molar-refractivity contribution in [1.82, 2.24) is 5.32 Å². The number of rotatable bonds is 8. The standard InChI is InChI=1S/C17H35NO/c1-6-7-18-17(11-15(4)12-19-5)16-9-13(2)8-14(3)10-16/h13-18H,6-12H2,1-5H3. The maximum atomic E-state index is 5.31. The van der Waals surface area contributed by atoms with Crippen LogP contribution in [0.1, 0.15) is 59.8 Å². The molecule has 1 aliphatic carbocycles. The zero-order valence-electron chi connectivity index (χ0n) is 13.7. The van der Waals surface area contributed by atoms with E-state index in [0.717, 1.165) is 30.9 Å². The molecule has 1 saturated carbocycles. The molecule has 0 heterocycles. The highest BCUT2D eigenvalue weighted by Crippen LogP contribution is 2.36. The van der Waals surface area contributed by atoms with Gasteiger partial charge >= 0.3 is 0 Å². The van der Waals surface area contributed by atoms with Crippen LogP contribution in [-0.2, 0) is 4.74 Å². The van der Waals surface area contributed by atoms with Crippen molar-refractivity contribution >= 4 is 0 Å². The second-order valence-electron chi connectivity index (χ2n) is 7.03. The molecule has 0 saturated heterocycles. The zero-order chi connectivity index (χ0) is 14.3. The lowest BCUT2D eigenvalue weighted by atomic mass is 9.72. The van der Waals surface area contributed by atoms with Gasteiger partial charge in [0, 0.05) is 19.8 Å². The van der Waals surface area contributed by atoms with Crippen LogP contribution in [0.15, 0.2) is 0 Å². The first kappa shape index (κ1) is 17.0. The van der Waals surface area contributed by atoms with E-state index in [2.05, 4.69) is 33.0 Å². The van der Waals surface area contributed by atoms with Crippen LogP contribution in [0.2, 0.25) is 0 Å². The van der Waals surface area contributed by atoms with Crippen LogP contribution in [0.3, 0.4) is 0 Å². The number of nitrogens with one attached hydrogen (secondary N) is 1. The molecule has 0 aliphatic heterocycles. The summed E-state index contributed by atoms with van der Waals surface area (Å²) in [4.78, 5) is 0. The largest absolute Gasteiger partial charge is 0.384 e.